The van der Waals surface area contributed by atoms with Gasteiger partial charge in [0, 0.05) is 62.6 Å². The first-order chi connectivity index (χ1) is 23.8. The third-order valence-electron chi connectivity index (χ3n) is 9.67. The summed E-state index contributed by atoms with van der Waals surface area (Å²) in [6, 6.07) is 49.8. The van der Waals surface area contributed by atoms with Gasteiger partial charge in [-0.2, -0.15) is 0 Å². The van der Waals surface area contributed by atoms with E-state index in [1.54, 1.807) is 0 Å². The number of hydrogen-bond acceptors (Lipinski definition) is 5. The van der Waals surface area contributed by atoms with Crippen molar-refractivity contribution in [2.75, 3.05) is 0 Å². The van der Waals surface area contributed by atoms with E-state index in [0.29, 0.717) is 17.5 Å². The van der Waals surface area contributed by atoms with Crippen LogP contribution in [0, 0.1) is 0 Å². The number of thiophene rings is 2. The van der Waals surface area contributed by atoms with Crippen LogP contribution in [0.25, 0.3) is 108 Å². The molecule has 222 valence electrons. The molecule has 3 nitrogen and oxygen atoms in total. The summed E-state index contributed by atoms with van der Waals surface area (Å²) in [6.07, 6.45) is 0. The molecule has 0 amide bonds. The van der Waals surface area contributed by atoms with Crippen molar-refractivity contribution >= 4 is 73.8 Å². The number of benzene rings is 7. The molecule has 48 heavy (non-hydrogen) atoms. The Hall–Kier alpha value is -5.75. The summed E-state index contributed by atoms with van der Waals surface area (Å²) in [5.74, 6) is 2.05. The van der Waals surface area contributed by atoms with Gasteiger partial charge in [-0.05, 0) is 51.7 Å². The second-order valence-electron chi connectivity index (χ2n) is 12.3. The molecule has 0 saturated heterocycles. The van der Waals surface area contributed by atoms with Gasteiger partial charge in [-0.3, -0.25) is 0 Å². The fourth-order valence-corrected chi connectivity index (χ4v) is 10.0. The Morgan fingerprint density at radius 2 is 0.979 bits per heavy atom. The molecule has 3 aromatic heterocycles. The van der Waals surface area contributed by atoms with E-state index in [1.807, 2.05) is 40.9 Å². The largest absolute Gasteiger partial charge is 0.208 e. The zero-order chi connectivity index (χ0) is 31.3. The first kappa shape index (κ1) is 26.3. The Labute approximate surface area is 283 Å². The van der Waals surface area contributed by atoms with Crippen LogP contribution in [0.4, 0.5) is 0 Å². The lowest BCUT2D eigenvalue weighted by atomic mass is 9.96. The standard InChI is InChI=1S/C43H23N3S2/c1-2-11-25(12-3-1)41-44-42(30-19-10-22-35-37(30)27-15-4-6-20-33(27)47-35)46-43(45-41)32-23-31-26-17-8-13-24-14-9-18-29(36(24)26)39(31)40-38(32)28-16-5-7-21-34(28)48-40/h1-23H. The highest BCUT2D eigenvalue weighted by Gasteiger charge is 2.28. The van der Waals surface area contributed by atoms with Crippen LogP contribution in [-0.4, -0.2) is 15.0 Å². The van der Waals surface area contributed by atoms with Crippen LogP contribution in [0.15, 0.2) is 140 Å². The van der Waals surface area contributed by atoms with Crippen LogP contribution >= 0.6 is 22.7 Å². The molecule has 3 heterocycles. The van der Waals surface area contributed by atoms with Gasteiger partial charge in [-0.15, -0.1) is 22.7 Å². The molecule has 0 spiro atoms. The van der Waals surface area contributed by atoms with E-state index in [0.717, 1.165) is 16.7 Å². The lowest BCUT2D eigenvalue weighted by Crippen LogP contribution is -2.01. The summed E-state index contributed by atoms with van der Waals surface area (Å²) in [6.45, 7) is 0. The molecule has 5 heteroatoms. The minimum Gasteiger partial charge on any atom is -0.208 e. The van der Waals surface area contributed by atoms with Crippen LogP contribution in [0.1, 0.15) is 0 Å². The number of nitrogens with zero attached hydrogens (tertiary/aromatic N) is 3. The van der Waals surface area contributed by atoms with E-state index in [-0.39, 0.29) is 0 Å². The highest BCUT2D eigenvalue weighted by atomic mass is 32.1. The normalized spacial score (nSPS) is 12.2. The monoisotopic (exact) mass is 645 g/mol. The van der Waals surface area contributed by atoms with Crippen LogP contribution in [0.2, 0.25) is 0 Å². The van der Waals surface area contributed by atoms with Crippen LogP contribution in [-0.2, 0) is 0 Å². The summed E-state index contributed by atoms with van der Waals surface area (Å²) in [7, 11) is 0. The van der Waals surface area contributed by atoms with Gasteiger partial charge in [-0.25, -0.2) is 15.0 Å². The Morgan fingerprint density at radius 3 is 1.79 bits per heavy atom. The minimum absolute atomic E-state index is 0.672. The van der Waals surface area contributed by atoms with Crippen molar-refractivity contribution in [3.8, 4) is 56.4 Å². The Kier molecular flexibility index (Phi) is 5.42. The number of hydrogen-bond donors (Lipinski definition) is 0. The SMILES string of the molecule is c1ccc(-c2nc(-c3cccc4sc5ccccc5c34)nc(-c3cc4c(c5sc6ccccc6c35)-c3cccc5cccc-4c35)n2)cc1. The molecule has 7 aromatic carbocycles. The second kappa shape index (κ2) is 9.88. The average molecular weight is 646 g/mol. The lowest BCUT2D eigenvalue weighted by Gasteiger charge is -2.13. The van der Waals surface area contributed by atoms with Crippen molar-refractivity contribution in [1.82, 2.24) is 15.0 Å². The summed E-state index contributed by atoms with van der Waals surface area (Å²) >= 11 is 3.68. The minimum atomic E-state index is 0.672. The van der Waals surface area contributed by atoms with E-state index in [2.05, 4.69) is 121 Å². The molecule has 0 N–H and O–H groups in total. The maximum Gasteiger partial charge on any atom is 0.164 e. The van der Waals surface area contributed by atoms with Crippen molar-refractivity contribution in [1.29, 1.82) is 0 Å². The summed E-state index contributed by atoms with van der Waals surface area (Å²) < 4.78 is 5.03. The first-order valence-electron chi connectivity index (χ1n) is 16.0. The second-order valence-corrected chi connectivity index (χ2v) is 14.4. The zero-order valence-corrected chi connectivity index (χ0v) is 27.1. The molecular formula is C43H23N3S2. The van der Waals surface area contributed by atoms with Gasteiger partial charge in [0.05, 0.1) is 0 Å². The molecule has 1 aliphatic rings. The molecule has 0 unspecified atom stereocenters. The average Bonchev–Trinajstić information content (AvgIpc) is 3.82. The summed E-state index contributed by atoms with van der Waals surface area (Å²) in [5.41, 5.74) is 8.15. The molecule has 0 fully saturated rings. The fourth-order valence-electron chi connectivity index (χ4n) is 7.62. The van der Waals surface area contributed by atoms with E-state index in [1.165, 1.54) is 73.4 Å². The summed E-state index contributed by atoms with van der Waals surface area (Å²) in [4.78, 5) is 15.8. The van der Waals surface area contributed by atoms with Gasteiger partial charge in [0.15, 0.2) is 17.5 Å². The predicted octanol–water partition coefficient (Wildman–Crippen LogP) is 12.4. The topological polar surface area (TPSA) is 38.7 Å². The third kappa shape index (κ3) is 3.66. The van der Waals surface area contributed by atoms with Crippen molar-refractivity contribution in [3.63, 3.8) is 0 Å². The Morgan fingerprint density at radius 1 is 0.375 bits per heavy atom. The molecule has 0 saturated carbocycles. The van der Waals surface area contributed by atoms with Crippen LogP contribution in [0.3, 0.4) is 0 Å². The van der Waals surface area contributed by atoms with Gasteiger partial charge in [-0.1, -0.05) is 115 Å². The third-order valence-corrected chi connectivity index (χ3v) is 12.0. The predicted molar refractivity (Wildman–Crippen MR) is 204 cm³/mol. The number of rotatable bonds is 3. The molecule has 0 atom stereocenters. The maximum atomic E-state index is 5.38. The highest BCUT2D eigenvalue weighted by Crippen LogP contribution is 2.55. The van der Waals surface area contributed by atoms with Crippen LogP contribution in [0.5, 0.6) is 0 Å². The summed E-state index contributed by atoms with van der Waals surface area (Å²) in [5, 5.41) is 7.44. The molecule has 1 aliphatic carbocycles. The first-order valence-corrected chi connectivity index (χ1v) is 17.7. The Balaban J connectivity index is 1.27. The molecule has 0 aliphatic heterocycles. The molecule has 0 radical (unpaired) electrons. The fraction of sp³-hybridized carbons (Fsp3) is 0. The van der Waals surface area contributed by atoms with Gasteiger partial charge in [0.1, 0.15) is 0 Å². The van der Waals surface area contributed by atoms with Gasteiger partial charge in [0.2, 0.25) is 0 Å². The van der Waals surface area contributed by atoms with Crippen molar-refractivity contribution in [3.05, 3.63) is 140 Å². The molecule has 0 bridgehead atoms. The van der Waals surface area contributed by atoms with Gasteiger partial charge in [0.25, 0.3) is 0 Å². The van der Waals surface area contributed by atoms with E-state index >= 15 is 0 Å². The Bertz CT molecular complexity index is 2950. The number of aromatic nitrogens is 3. The van der Waals surface area contributed by atoms with E-state index in [9.17, 15) is 0 Å². The number of fused-ring (bicyclic) bond motifs is 10. The van der Waals surface area contributed by atoms with Crippen molar-refractivity contribution in [2.24, 2.45) is 0 Å². The molecular weight excluding hydrogens is 623 g/mol. The maximum absolute atomic E-state index is 5.38. The van der Waals surface area contributed by atoms with Gasteiger partial charge >= 0.3 is 0 Å². The smallest absolute Gasteiger partial charge is 0.164 e. The molecule has 10 aromatic rings. The quantitative estimate of drug-likeness (QED) is 0.192. The highest BCUT2D eigenvalue weighted by molar-refractivity contribution is 7.26. The zero-order valence-electron chi connectivity index (χ0n) is 25.4. The lowest BCUT2D eigenvalue weighted by molar-refractivity contribution is 1.08. The van der Waals surface area contributed by atoms with Crippen molar-refractivity contribution in [2.45, 2.75) is 0 Å². The van der Waals surface area contributed by atoms with Crippen LogP contribution < -0.4 is 0 Å². The van der Waals surface area contributed by atoms with E-state index < -0.39 is 0 Å². The van der Waals surface area contributed by atoms with Crippen molar-refractivity contribution < 1.29 is 0 Å². The van der Waals surface area contributed by atoms with Gasteiger partial charge < -0.3 is 0 Å². The van der Waals surface area contributed by atoms with E-state index in [4.69, 9.17) is 15.0 Å². The molecule has 11 rings (SSSR count).